The molecule has 19 heavy (non-hydrogen) atoms. The van der Waals surface area contributed by atoms with Crippen molar-refractivity contribution in [3.05, 3.63) is 35.4 Å². The molecule has 1 aliphatic rings. The van der Waals surface area contributed by atoms with Gasteiger partial charge in [0, 0.05) is 12.6 Å². The van der Waals surface area contributed by atoms with Crippen LogP contribution in [0.4, 0.5) is 0 Å². The first-order chi connectivity index (χ1) is 9.24. The third-order valence-electron chi connectivity index (χ3n) is 4.40. The molecule has 0 amide bonds. The maximum atomic E-state index is 10.4. The van der Waals surface area contributed by atoms with Crippen molar-refractivity contribution in [3.8, 4) is 0 Å². The summed E-state index contributed by atoms with van der Waals surface area (Å²) in [6.07, 6.45) is 5.81. The number of piperidine rings is 1. The molecule has 2 nitrogen and oxygen atoms in total. The van der Waals surface area contributed by atoms with E-state index >= 15 is 0 Å². The molecular formula is C17H27NO. The largest absolute Gasteiger partial charge is 0.387 e. The van der Waals surface area contributed by atoms with Gasteiger partial charge in [-0.2, -0.15) is 0 Å². The van der Waals surface area contributed by atoms with Crippen molar-refractivity contribution in [3.63, 3.8) is 0 Å². The van der Waals surface area contributed by atoms with Crippen molar-refractivity contribution >= 4 is 0 Å². The molecule has 0 bridgehead atoms. The van der Waals surface area contributed by atoms with E-state index in [-0.39, 0.29) is 6.10 Å². The Morgan fingerprint density at radius 2 is 1.95 bits per heavy atom. The first-order valence-electron chi connectivity index (χ1n) is 7.75. The molecule has 0 aliphatic carbocycles. The van der Waals surface area contributed by atoms with Gasteiger partial charge in [0.25, 0.3) is 0 Å². The summed E-state index contributed by atoms with van der Waals surface area (Å²) >= 11 is 0. The lowest BCUT2D eigenvalue weighted by Crippen LogP contribution is -2.41. The molecule has 1 aromatic carbocycles. The zero-order valence-electron chi connectivity index (χ0n) is 12.3. The number of rotatable bonds is 5. The summed E-state index contributed by atoms with van der Waals surface area (Å²) in [6, 6.07) is 9.08. The minimum atomic E-state index is -0.349. The highest BCUT2D eigenvalue weighted by atomic mass is 16.3. The molecule has 0 spiro atoms. The molecule has 1 aromatic rings. The van der Waals surface area contributed by atoms with Gasteiger partial charge in [-0.15, -0.1) is 0 Å². The van der Waals surface area contributed by atoms with Crippen LogP contribution in [-0.2, 0) is 6.42 Å². The average molecular weight is 261 g/mol. The van der Waals surface area contributed by atoms with E-state index in [1.54, 1.807) is 0 Å². The highest BCUT2D eigenvalue weighted by Gasteiger charge is 2.23. The van der Waals surface area contributed by atoms with E-state index in [9.17, 15) is 5.11 Å². The Balaban J connectivity index is 1.96. The van der Waals surface area contributed by atoms with Crippen LogP contribution >= 0.6 is 0 Å². The Hall–Kier alpha value is -0.860. The van der Waals surface area contributed by atoms with Crippen LogP contribution in [0.5, 0.6) is 0 Å². The number of benzene rings is 1. The van der Waals surface area contributed by atoms with Crippen LogP contribution < -0.4 is 0 Å². The van der Waals surface area contributed by atoms with E-state index in [0.29, 0.717) is 6.04 Å². The van der Waals surface area contributed by atoms with Gasteiger partial charge in [-0.05, 0) is 43.4 Å². The van der Waals surface area contributed by atoms with Crippen molar-refractivity contribution < 1.29 is 5.11 Å². The summed E-state index contributed by atoms with van der Waals surface area (Å²) in [5, 5.41) is 10.4. The second-order valence-electron chi connectivity index (χ2n) is 5.66. The molecule has 2 unspecified atom stereocenters. The van der Waals surface area contributed by atoms with Gasteiger partial charge in [0.05, 0.1) is 6.10 Å². The molecule has 1 aliphatic heterocycles. The minimum Gasteiger partial charge on any atom is -0.387 e. The van der Waals surface area contributed by atoms with Gasteiger partial charge in [-0.25, -0.2) is 0 Å². The Morgan fingerprint density at radius 1 is 1.21 bits per heavy atom. The first-order valence-corrected chi connectivity index (χ1v) is 7.75. The number of likely N-dealkylation sites (tertiary alicyclic amines) is 1. The second-order valence-corrected chi connectivity index (χ2v) is 5.66. The normalized spacial score (nSPS) is 22.4. The predicted molar refractivity (Wildman–Crippen MR) is 80.3 cm³/mol. The summed E-state index contributed by atoms with van der Waals surface area (Å²) in [7, 11) is 0. The lowest BCUT2D eigenvalue weighted by atomic mass is 9.98. The molecule has 1 N–H and O–H groups in total. The molecule has 1 saturated heterocycles. The van der Waals surface area contributed by atoms with Crippen LogP contribution in [0, 0.1) is 0 Å². The van der Waals surface area contributed by atoms with Crippen molar-refractivity contribution in [2.45, 2.75) is 58.1 Å². The smallest absolute Gasteiger partial charge is 0.0917 e. The fraction of sp³-hybridized carbons (Fsp3) is 0.647. The molecule has 0 saturated carbocycles. The van der Waals surface area contributed by atoms with Crippen LogP contribution in [0.3, 0.4) is 0 Å². The molecule has 106 valence electrons. The number of hydrogen-bond acceptors (Lipinski definition) is 2. The monoisotopic (exact) mass is 261 g/mol. The molecule has 1 fully saturated rings. The van der Waals surface area contributed by atoms with Crippen molar-refractivity contribution in [1.29, 1.82) is 0 Å². The maximum absolute atomic E-state index is 10.4. The zero-order valence-corrected chi connectivity index (χ0v) is 12.3. The Kier molecular flexibility index (Phi) is 5.41. The molecule has 0 aromatic heterocycles. The fourth-order valence-corrected chi connectivity index (χ4v) is 3.07. The van der Waals surface area contributed by atoms with Crippen LogP contribution in [0.2, 0.25) is 0 Å². The number of aliphatic hydroxyl groups excluding tert-OH is 1. The number of nitrogens with zero attached hydrogens (tertiary/aromatic N) is 1. The average Bonchev–Trinajstić information content (AvgIpc) is 2.48. The van der Waals surface area contributed by atoms with E-state index in [4.69, 9.17) is 0 Å². The summed E-state index contributed by atoms with van der Waals surface area (Å²) in [4.78, 5) is 2.47. The first kappa shape index (κ1) is 14.5. The van der Waals surface area contributed by atoms with Crippen LogP contribution in [0.15, 0.2) is 24.3 Å². The van der Waals surface area contributed by atoms with Gasteiger partial charge < -0.3 is 5.11 Å². The highest BCUT2D eigenvalue weighted by molar-refractivity contribution is 5.24. The van der Waals surface area contributed by atoms with Crippen LogP contribution in [0.1, 0.15) is 56.8 Å². The maximum Gasteiger partial charge on any atom is 0.0917 e. The van der Waals surface area contributed by atoms with Crippen LogP contribution in [-0.4, -0.2) is 29.1 Å². The number of hydrogen-bond donors (Lipinski definition) is 1. The quantitative estimate of drug-likeness (QED) is 0.876. The van der Waals surface area contributed by atoms with E-state index in [1.807, 2.05) is 0 Å². The van der Waals surface area contributed by atoms with E-state index < -0.39 is 0 Å². The summed E-state index contributed by atoms with van der Waals surface area (Å²) in [5.74, 6) is 0. The minimum absolute atomic E-state index is 0.349. The van der Waals surface area contributed by atoms with Gasteiger partial charge in [0.2, 0.25) is 0 Å². The summed E-state index contributed by atoms with van der Waals surface area (Å²) < 4.78 is 0. The molecule has 2 rings (SSSR count). The Labute approximate surface area is 117 Å². The molecule has 1 heterocycles. The van der Waals surface area contributed by atoms with Gasteiger partial charge in [-0.3, -0.25) is 4.90 Å². The van der Waals surface area contributed by atoms with E-state index in [1.165, 1.54) is 31.2 Å². The fourth-order valence-electron chi connectivity index (χ4n) is 3.07. The lowest BCUT2D eigenvalue weighted by molar-refractivity contribution is 0.0656. The highest BCUT2D eigenvalue weighted by Crippen LogP contribution is 2.23. The topological polar surface area (TPSA) is 23.5 Å². The van der Waals surface area contributed by atoms with Gasteiger partial charge in [0.15, 0.2) is 0 Å². The van der Waals surface area contributed by atoms with Gasteiger partial charge in [0.1, 0.15) is 0 Å². The van der Waals surface area contributed by atoms with Crippen LogP contribution in [0.25, 0.3) is 0 Å². The zero-order chi connectivity index (χ0) is 13.7. The Morgan fingerprint density at radius 3 is 2.58 bits per heavy atom. The van der Waals surface area contributed by atoms with E-state index in [0.717, 1.165) is 25.1 Å². The van der Waals surface area contributed by atoms with Gasteiger partial charge in [-0.1, -0.05) is 44.5 Å². The molecule has 0 radical (unpaired) electrons. The lowest BCUT2D eigenvalue weighted by Gasteiger charge is -2.36. The SMILES string of the molecule is CCc1ccc(C(O)CN2CCCCC2CC)cc1. The summed E-state index contributed by atoms with van der Waals surface area (Å²) in [6.45, 7) is 6.34. The van der Waals surface area contributed by atoms with Gasteiger partial charge >= 0.3 is 0 Å². The second kappa shape index (κ2) is 7.06. The number of aliphatic hydroxyl groups is 1. The molecular weight excluding hydrogens is 234 g/mol. The third kappa shape index (κ3) is 3.80. The third-order valence-corrected chi connectivity index (χ3v) is 4.40. The standard InChI is InChI=1S/C17H27NO/c1-3-14-8-10-15(11-9-14)17(19)13-18-12-6-5-7-16(18)4-2/h8-11,16-17,19H,3-7,12-13H2,1-2H3. The molecule has 2 atom stereocenters. The van der Waals surface area contributed by atoms with E-state index in [2.05, 4.69) is 43.0 Å². The van der Waals surface area contributed by atoms with Crippen molar-refractivity contribution in [1.82, 2.24) is 4.90 Å². The molecule has 2 heteroatoms. The Bertz CT molecular complexity index is 373. The van der Waals surface area contributed by atoms with Crippen molar-refractivity contribution in [2.24, 2.45) is 0 Å². The summed E-state index contributed by atoms with van der Waals surface area (Å²) in [5.41, 5.74) is 2.39. The predicted octanol–water partition coefficient (Wildman–Crippen LogP) is 3.55. The number of β-amino-alcohol motifs (C(OH)–C–C–N with tert-alkyl or cyclic N) is 1. The number of aryl methyl sites for hydroxylation is 1. The van der Waals surface area contributed by atoms with Crippen molar-refractivity contribution in [2.75, 3.05) is 13.1 Å².